The molecule has 0 atom stereocenters. The van der Waals surface area contributed by atoms with Crippen molar-refractivity contribution in [2.24, 2.45) is 0 Å². The van der Waals surface area contributed by atoms with E-state index in [0.717, 1.165) is 6.07 Å². The normalized spacial score (nSPS) is 11.8. The first-order valence-electron chi connectivity index (χ1n) is 3.37. The Kier molecular flexibility index (Phi) is 3.62. The van der Waals surface area contributed by atoms with Crippen molar-refractivity contribution in [1.29, 1.82) is 0 Å². The van der Waals surface area contributed by atoms with Gasteiger partial charge in [-0.3, -0.25) is 0 Å². The Labute approximate surface area is 95.8 Å². The van der Waals surface area contributed by atoms with Gasteiger partial charge < -0.3 is 0 Å². The van der Waals surface area contributed by atoms with Crippen LogP contribution >= 0.6 is 38.5 Å². The molecule has 0 N–H and O–H groups in total. The lowest BCUT2D eigenvalue weighted by Gasteiger charge is -2.10. The van der Waals surface area contributed by atoms with E-state index in [1.807, 2.05) is 0 Å². The zero-order valence-corrected chi connectivity index (χ0v) is 10.1. The molecular weight excluding hydrogens is 360 g/mol. The summed E-state index contributed by atoms with van der Waals surface area (Å²) in [6.07, 6.45) is -4.26. The molecular formula is C8H5BrF3I. The summed E-state index contributed by atoms with van der Waals surface area (Å²) >= 11 is 4.85. The molecule has 1 rings (SSSR count). The summed E-state index contributed by atoms with van der Waals surface area (Å²) in [6.45, 7) is 0. The van der Waals surface area contributed by atoms with Gasteiger partial charge in [-0.15, -0.1) is 0 Å². The molecule has 5 heteroatoms. The SMILES string of the molecule is FC(F)(F)c1cccc(CBr)c1I. The molecule has 0 saturated heterocycles. The summed E-state index contributed by atoms with van der Waals surface area (Å²) in [5, 5.41) is 0.440. The van der Waals surface area contributed by atoms with Crippen LogP contribution in [0.4, 0.5) is 13.2 Å². The van der Waals surface area contributed by atoms with Gasteiger partial charge in [0.1, 0.15) is 0 Å². The van der Waals surface area contributed by atoms with Crippen LogP contribution in [-0.2, 0) is 11.5 Å². The number of hydrogen-bond acceptors (Lipinski definition) is 0. The van der Waals surface area contributed by atoms with Crippen molar-refractivity contribution in [3.63, 3.8) is 0 Å². The molecule has 1 aromatic rings. The van der Waals surface area contributed by atoms with Crippen LogP contribution < -0.4 is 0 Å². The zero-order valence-electron chi connectivity index (χ0n) is 6.33. The molecule has 0 aliphatic rings. The third-order valence-electron chi connectivity index (χ3n) is 1.53. The summed E-state index contributed by atoms with van der Waals surface area (Å²) in [5.74, 6) is 0. The molecule has 13 heavy (non-hydrogen) atoms. The fourth-order valence-electron chi connectivity index (χ4n) is 0.902. The molecule has 1 aromatic carbocycles. The van der Waals surface area contributed by atoms with Gasteiger partial charge >= 0.3 is 6.18 Å². The van der Waals surface area contributed by atoms with Crippen molar-refractivity contribution in [2.75, 3.05) is 0 Å². The van der Waals surface area contributed by atoms with Crippen LogP contribution in [0, 0.1) is 3.57 Å². The zero-order chi connectivity index (χ0) is 10.1. The van der Waals surface area contributed by atoms with Gasteiger partial charge in [-0.25, -0.2) is 0 Å². The second kappa shape index (κ2) is 4.16. The highest BCUT2D eigenvalue weighted by Gasteiger charge is 2.33. The fourth-order valence-corrected chi connectivity index (χ4v) is 2.75. The third kappa shape index (κ3) is 2.59. The van der Waals surface area contributed by atoms with Crippen molar-refractivity contribution < 1.29 is 13.2 Å². The monoisotopic (exact) mass is 364 g/mol. The van der Waals surface area contributed by atoms with Crippen molar-refractivity contribution in [3.8, 4) is 0 Å². The maximum Gasteiger partial charge on any atom is 0.417 e. The van der Waals surface area contributed by atoms with Gasteiger partial charge in [0.05, 0.1) is 5.56 Å². The Balaban J connectivity index is 3.24. The highest BCUT2D eigenvalue weighted by atomic mass is 127. The molecule has 72 valence electrons. The van der Waals surface area contributed by atoms with Crippen LogP contribution in [0.2, 0.25) is 0 Å². The molecule has 0 nitrogen and oxygen atoms in total. The highest BCUT2D eigenvalue weighted by Crippen LogP contribution is 2.34. The van der Waals surface area contributed by atoms with E-state index >= 15 is 0 Å². The molecule has 0 aliphatic heterocycles. The smallest absolute Gasteiger partial charge is 0.166 e. The van der Waals surface area contributed by atoms with E-state index in [2.05, 4.69) is 15.9 Å². The Hall–Kier alpha value is 0.220. The lowest BCUT2D eigenvalue weighted by Crippen LogP contribution is -2.08. The minimum absolute atomic E-state index is 0.268. The molecule has 0 spiro atoms. The largest absolute Gasteiger partial charge is 0.417 e. The molecule has 0 bridgehead atoms. The van der Waals surface area contributed by atoms with Gasteiger partial charge in [0.2, 0.25) is 0 Å². The minimum Gasteiger partial charge on any atom is -0.166 e. The molecule has 0 aromatic heterocycles. The maximum absolute atomic E-state index is 12.3. The predicted molar refractivity (Wildman–Crippen MR) is 56.8 cm³/mol. The van der Waals surface area contributed by atoms with E-state index in [0.29, 0.717) is 10.9 Å². The van der Waals surface area contributed by atoms with Crippen LogP contribution in [0.1, 0.15) is 11.1 Å². The maximum atomic E-state index is 12.3. The Bertz CT molecular complexity index is 309. The number of hydrogen-bond donors (Lipinski definition) is 0. The van der Waals surface area contributed by atoms with E-state index in [-0.39, 0.29) is 3.57 Å². The number of alkyl halides is 4. The number of benzene rings is 1. The first-order chi connectivity index (χ1) is 5.96. The highest BCUT2D eigenvalue weighted by molar-refractivity contribution is 14.1. The molecule has 0 fully saturated rings. The molecule has 0 aliphatic carbocycles. The minimum atomic E-state index is -4.26. The number of halogens is 5. The summed E-state index contributed by atoms with van der Waals surface area (Å²) in [5.41, 5.74) is 0.0977. The molecule has 0 unspecified atom stereocenters. The van der Waals surface area contributed by atoms with Gasteiger partial charge in [-0.2, -0.15) is 13.2 Å². The first kappa shape index (κ1) is 11.3. The van der Waals surface area contributed by atoms with Crippen LogP contribution in [0.25, 0.3) is 0 Å². The second-order valence-corrected chi connectivity index (χ2v) is 4.05. The lowest BCUT2D eigenvalue weighted by atomic mass is 10.1. The van der Waals surface area contributed by atoms with Crippen molar-refractivity contribution in [3.05, 3.63) is 32.9 Å². The average molecular weight is 365 g/mol. The summed E-state index contributed by atoms with van der Waals surface area (Å²) < 4.78 is 37.3. The Morgan fingerprint density at radius 3 is 2.38 bits per heavy atom. The lowest BCUT2D eigenvalue weighted by molar-refractivity contribution is -0.138. The fraction of sp³-hybridized carbons (Fsp3) is 0.250. The third-order valence-corrected chi connectivity index (χ3v) is 3.41. The Morgan fingerprint density at radius 2 is 1.92 bits per heavy atom. The first-order valence-corrected chi connectivity index (χ1v) is 5.57. The van der Waals surface area contributed by atoms with Gasteiger partial charge in [0.15, 0.2) is 0 Å². The molecule has 0 amide bonds. The van der Waals surface area contributed by atoms with Gasteiger partial charge in [0.25, 0.3) is 0 Å². The van der Waals surface area contributed by atoms with Gasteiger partial charge in [-0.1, -0.05) is 28.1 Å². The topological polar surface area (TPSA) is 0 Å². The van der Waals surface area contributed by atoms with E-state index in [1.165, 1.54) is 6.07 Å². The van der Waals surface area contributed by atoms with Crippen LogP contribution in [0.3, 0.4) is 0 Å². The van der Waals surface area contributed by atoms with Crippen LogP contribution in [-0.4, -0.2) is 0 Å². The van der Waals surface area contributed by atoms with E-state index in [9.17, 15) is 13.2 Å². The summed E-state index contributed by atoms with van der Waals surface area (Å²) in [7, 11) is 0. The van der Waals surface area contributed by atoms with Crippen LogP contribution in [0.5, 0.6) is 0 Å². The van der Waals surface area contributed by atoms with Gasteiger partial charge in [-0.05, 0) is 34.2 Å². The Morgan fingerprint density at radius 1 is 1.31 bits per heavy atom. The van der Waals surface area contributed by atoms with E-state index in [4.69, 9.17) is 0 Å². The second-order valence-electron chi connectivity index (χ2n) is 2.41. The summed E-state index contributed by atoms with van der Waals surface area (Å²) in [4.78, 5) is 0. The summed E-state index contributed by atoms with van der Waals surface area (Å²) in [6, 6.07) is 4.18. The standard InChI is InChI=1S/C8H5BrF3I/c9-4-5-2-1-3-6(7(5)13)8(10,11)12/h1-3H,4H2. The molecule has 0 radical (unpaired) electrons. The van der Waals surface area contributed by atoms with Crippen LogP contribution in [0.15, 0.2) is 18.2 Å². The van der Waals surface area contributed by atoms with E-state index < -0.39 is 11.7 Å². The molecule has 0 saturated carbocycles. The van der Waals surface area contributed by atoms with Gasteiger partial charge in [0, 0.05) is 8.90 Å². The van der Waals surface area contributed by atoms with E-state index in [1.54, 1.807) is 28.7 Å². The average Bonchev–Trinajstić information content (AvgIpc) is 2.02. The predicted octanol–water partition coefficient (Wildman–Crippen LogP) is 4.20. The quantitative estimate of drug-likeness (QED) is 0.517. The number of rotatable bonds is 1. The van der Waals surface area contributed by atoms with Crippen molar-refractivity contribution in [2.45, 2.75) is 11.5 Å². The molecule has 0 heterocycles. The van der Waals surface area contributed by atoms with Crippen molar-refractivity contribution in [1.82, 2.24) is 0 Å². The van der Waals surface area contributed by atoms with Crippen molar-refractivity contribution >= 4 is 38.5 Å².